The summed E-state index contributed by atoms with van der Waals surface area (Å²) in [5.74, 6) is 6.17. The third-order valence-electron chi connectivity index (χ3n) is 4.79. The lowest BCUT2D eigenvalue weighted by atomic mass is 10.1. The van der Waals surface area contributed by atoms with E-state index in [9.17, 15) is 4.79 Å². The number of aromatic nitrogens is 1. The molecule has 27 heavy (non-hydrogen) atoms. The number of anilines is 1. The van der Waals surface area contributed by atoms with E-state index in [2.05, 4.69) is 33.1 Å². The van der Waals surface area contributed by atoms with Crippen LogP contribution in [-0.4, -0.2) is 72.0 Å². The molecule has 2 heterocycles. The number of hydrazine groups is 1. The van der Waals surface area contributed by atoms with Crippen molar-refractivity contribution in [2.24, 2.45) is 5.84 Å². The second kappa shape index (κ2) is 8.94. The predicted molar refractivity (Wildman–Crippen MR) is 110 cm³/mol. The van der Waals surface area contributed by atoms with Crippen LogP contribution in [0.1, 0.15) is 12.5 Å². The fourth-order valence-corrected chi connectivity index (χ4v) is 3.18. The lowest BCUT2D eigenvalue weighted by Crippen LogP contribution is -2.48. The molecule has 1 amide bonds. The third kappa shape index (κ3) is 5.50. The lowest BCUT2D eigenvalue weighted by Gasteiger charge is -2.33. The van der Waals surface area contributed by atoms with Gasteiger partial charge in [0.1, 0.15) is 5.82 Å². The maximum Gasteiger partial charge on any atom is 0.239 e. The predicted octanol–water partition coefficient (Wildman–Crippen LogP) is 1.59. The highest BCUT2D eigenvalue weighted by atomic mass is 16.2. The highest BCUT2D eigenvalue weighted by molar-refractivity contribution is 5.94. The number of hydrogen-bond acceptors (Lipinski definition) is 6. The lowest BCUT2D eigenvalue weighted by molar-refractivity contribution is -0.117. The molecule has 144 valence electrons. The number of fused-ring (bicyclic) bond motifs is 1. The van der Waals surface area contributed by atoms with E-state index in [0.29, 0.717) is 12.4 Å². The molecule has 3 N–H and O–H groups in total. The van der Waals surface area contributed by atoms with E-state index in [0.717, 1.165) is 49.1 Å². The van der Waals surface area contributed by atoms with Crippen LogP contribution in [0.15, 0.2) is 36.7 Å². The van der Waals surface area contributed by atoms with Crippen molar-refractivity contribution in [2.75, 3.05) is 51.6 Å². The van der Waals surface area contributed by atoms with E-state index >= 15 is 0 Å². The largest absolute Gasteiger partial charge is 0.321 e. The highest BCUT2D eigenvalue weighted by Gasteiger charge is 2.18. The van der Waals surface area contributed by atoms with Crippen molar-refractivity contribution in [2.45, 2.75) is 6.92 Å². The van der Waals surface area contributed by atoms with Crippen molar-refractivity contribution < 1.29 is 4.79 Å². The number of piperazine rings is 1. The van der Waals surface area contributed by atoms with Gasteiger partial charge in [-0.1, -0.05) is 19.1 Å². The van der Waals surface area contributed by atoms with Gasteiger partial charge < -0.3 is 15.2 Å². The highest BCUT2D eigenvalue weighted by Crippen LogP contribution is 2.19. The second-order valence-corrected chi connectivity index (χ2v) is 6.92. The number of rotatable bonds is 6. The van der Waals surface area contributed by atoms with Crippen molar-refractivity contribution >= 4 is 28.6 Å². The minimum absolute atomic E-state index is 0.0207. The molecule has 0 radical (unpaired) electrons. The van der Waals surface area contributed by atoms with Crippen LogP contribution in [0.4, 0.5) is 5.82 Å². The number of carbonyl (C=O) groups is 1. The molecule has 0 aliphatic carbocycles. The topological polar surface area (TPSA) is 77.7 Å². The van der Waals surface area contributed by atoms with Crippen LogP contribution in [0.25, 0.3) is 16.8 Å². The second-order valence-electron chi connectivity index (χ2n) is 6.92. The Morgan fingerprint density at radius 2 is 1.96 bits per heavy atom. The standard InChI is InChI=1S/C20H28N6O/c1-3-25-8-10-26(11-9-25)15-20(27)23-19-13-18-12-16(6-7-24(2)21)4-5-17(18)14-22-19/h4-7,12-14H,3,8-11,15,21H2,1-2H3,(H,22,23,27)/b7-6+. The van der Waals surface area contributed by atoms with Crippen LogP contribution in [0, 0.1) is 0 Å². The molecule has 1 aliphatic heterocycles. The zero-order chi connectivity index (χ0) is 19.2. The van der Waals surface area contributed by atoms with Crippen LogP contribution >= 0.6 is 0 Å². The van der Waals surface area contributed by atoms with E-state index in [-0.39, 0.29) is 5.91 Å². The number of nitrogens with two attached hydrogens (primary N) is 1. The van der Waals surface area contributed by atoms with Crippen LogP contribution < -0.4 is 11.2 Å². The molecule has 0 bridgehead atoms. The Bertz CT molecular complexity index is 811. The minimum atomic E-state index is -0.0207. The van der Waals surface area contributed by atoms with Gasteiger partial charge in [-0.05, 0) is 35.7 Å². The molecule has 1 aliphatic rings. The van der Waals surface area contributed by atoms with Gasteiger partial charge in [-0.25, -0.2) is 10.8 Å². The van der Waals surface area contributed by atoms with Gasteiger partial charge in [-0.2, -0.15) is 0 Å². The molecule has 7 nitrogen and oxygen atoms in total. The SMILES string of the molecule is CCN1CCN(CC(=O)Nc2cc3cc(/C=C/N(C)N)ccc3cn2)CC1. The first-order valence-corrected chi connectivity index (χ1v) is 9.33. The van der Waals surface area contributed by atoms with Crippen LogP contribution in [0.5, 0.6) is 0 Å². The first-order valence-electron chi connectivity index (χ1n) is 9.33. The smallest absolute Gasteiger partial charge is 0.239 e. The summed E-state index contributed by atoms with van der Waals surface area (Å²) in [7, 11) is 1.78. The van der Waals surface area contributed by atoms with Crippen LogP contribution in [0.2, 0.25) is 0 Å². The Morgan fingerprint density at radius 1 is 1.22 bits per heavy atom. The fraction of sp³-hybridized carbons (Fsp3) is 0.400. The molecular formula is C20H28N6O. The van der Waals surface area contributed by atoms with Gasteiger partial charge in [0.25, 0.3) is 0 Å². The number of carbonyl (C=O) groups excluding carboxylic acids is 1. The number of benzene rings is 1. The fourth-order valence-electron chi connectivity index (χ4n) is 3.18. The Kier molecular flexibility index (Phi) is 6.39. The Hall–Kier alpha value is -2.48. The van der Waals surface area contributed by atoms with E-state index in [4.69, 9.17) is 5.84 Å². The maximum absolute atomic E-state index is 12.4. The van der Waals surface area contributed by atoms with Crippen molar-refractivity contribution in [3.63, 3.8) is 0 Å². The zero-order valence-electron chi connectivity index (χ0n) is 16.1. The summed E-state index contributed by atoms with van der Waals surface area (Å²) < 4.78 is 0. The number of hydrogen-bond donors (Lipinski definition) is 2. The van der Waals surface area contributed by atoms with Crippen molar-refractivity contribution in [3.05, 3.63) is 42.2 Å². The molecule has 1 fully saturated rings. The summed E-state index contributed by atoms with van der Waals surface area (Å²) in [6.45, 7) is 7.54. The zero-order valence-corrected chi connectivity index (χ0v) is 16.1. The van der Waals surface area contributed by atoms with Gasteiger partial charge in [0.2, 0.25) is 5.91 Å². The molecule has 1 aromatic heterocycles. The van der Waals surface area contributed by atoms with Crippen molar-refractivity contribution in [1.29, 1.82) is 0 Å². The van der Waals surface area contributed by atoms with E-state index in [1.54, 1.807) is 19.4 Å². The number of amides is 1. The molecule has 2 aromatic rings. The molecule has 0 saturated carbocycles. The number of pyridine rings is 1. The van der Waals surface area contributed by atoms with Crippen molar-refractivity contribution in [1.82, 2.24) is 19.8 Å². The maximum atomic E-state index is 12.4. The van der Waals surface area contributed by atoms with Gasteiger partial charge in [0.05, 0.1) is 6.54 Å². The molecule has 0 spiro atoms. The summed E-state index contributed by atoms with van der Waals surface area (Å²) in [6, 6.07) is 7.98. The average Bonchev–Trinajstić information content (AvgIpc) is 2.66. The normalized spacial score (nSPS) is 16.1. The first kappa shape index (κ1) is 19.3. The molecule has 1 aromatic carbocycles. The minimum Gasteiger partial charge on any atom is -0.321 e. The summed E-state index contributed by atoms with van der Waals surface area (Å²) in [4.78, 5) is 21.3. The number of nitrogens with zero attached hydrogens (tertiary/aromatic N) is 4. The van der Waals surface area contributed by atoms with Gasteiger partial charge in [0, 0.05) is 51.0 Å². The Morgan fingerprint density at radius 3 is 2.67 bits per heavy atom. The van der Waals surface area contributed by atoms with Gasteiger partial charge >= 0.3 is 0 Å². The third-order valence-corrected chi connectivity index (χ3v) is 4.79. The molecular weight excluding hydrogens is 340 g/mol. The molecule has 3 rings (SSSR count). The van der Waals surface area contributed by atoms with Crippen molar-refractivity contribution in [3.8, 4) is 0 Å². The molecule has 0 atom stereocenters. The first-order chi connectivity index (χ1) is 13.0. The van der Waals surface area contributed by atoms with Gasteiger partial charge in [0.15, 0.2) is 0 Å². The van der Waals surface area contributed by atoms with Crippen LogP contribution in [-0.2, 0) is 4.79 Å². The summed E-state index contributed by atoms with van der Waals surface area (Å²) in [5, 5.41) is 6.48. The summed E-state index contributed by atoms with van der Waals surface area (Å²) >= 11 is 0. The summed E-state index contributed by atoms with van der Waals surface area (Å²) in [5.41, 5.74) is 1.04. The van der Waals surface area contributed by atoms with E-state index < -0.39 is 0 Å². The van der Waals surface area contributed by atoms with Crippen LogP contribution in [0.3, 0.4) is 0 Å². The average molecular weight is 368 g/mol. The molecule has 1 saturated heterocycles. The summed E-state index contributed by atoms with van der Waals surface area (Å²) in [6.07, 6.45) is 5.52. The van der Waals surface area contributed by atoms with E-state index in [1.165, 1.54) is 5.01 Å². The Labute approximate surface area is 160 Å². The molecule has 0 unspecified atom stereocenters. The van der Waals surface area contributed by atoms with Gasteiger partial charge in [-0.3, -0.25) is 9.69 Å². The molecule has 7 heteroatoms. The Balaban J connectivity index is 1.63. The number of likely N-dealkylation sites (N-methyl/N-ethyl adjacent to an activating group) is 1. The van der Waals surface area contributed by atoms with E-state index in [1.807, 2.05) is 24.3 Å². The number of nitrogens with one attached hydrogen (secondary N) is 1. The van der Waals surface area contributed by atoms with Gasteiger partial charge in [-0.15, -0.1) is 0 Å². The quantitative estimate of drug-likeness (QED) is 0.596. The monoisotopic (exact) mass is 368 g/mol.